The van der Waals surface area contributed by atoms with Crippen molar-refractivity contribution in [2.75, 3.05) is 13.1 Å². The highest BCUT2D eigenvalue weighted by Crippen LogP contribution is 2.23. The molecule has 0 unspecified atom stereocenters. The molecule has 0 spiro atoms. The number of carboxylic acids is 1. The molecule has 0 saturated carbocycles. The van der Waals surface area contributed by atoms with Gasteiger partial charge in [0, 0.05) is 13.0 Å². The Balaban J connectivity index is 0.000000351. The van der Waals surface area contributed by atoms with E-state index in [0.717, 1.165) is 25.8 Å². The molecular weight excluding hydrogens is 329 g/mol. The van der Waals surface area contributed by atoms with Crippen molar-refractivity contribution >= 4 is 11.9 Å². The Labute approximate surface area is 136 Å². The predicted octanol–water partition coefficient (Wildman–Crippen LogP) is 1.03. The Bertz CT molecular complexity index is 553. The van der Waals surface area contributed by atoms with Gasteiger partial charge in [-0.25, -0.2) is 4.79 Å². The third-order valence-corrected chi connectivity index (χ3v) is 3.83. The number of rotatable bonds is 2. The number of nitriles is 2. The highest BCUT2D eigenvalue weighted by atomic mass is 19.4. The molecule has 132 valence electrons. The van der Waals surface area contributed by atoms with Crippen LogP contribution in [0, 0.1) is 28.6 Å². The van der Waals surface area contributed by atoms with Crippen LogP contribution >= 0.6 is 0 Å². The molecule has 2 heterocycles. The molecule has 2 saturated heterocycles. The molecule has 0 aliphatic carbocycles. The topological polar surface area (TPSA) is 117 Å². The van der Waals surface area contributed by atoms with Crippen LogP contribution in [-0.4, -0.2) is 53.2 Å². The number of carbonyl (C=O) groups excluding carboxylic acids is 1. The van der Waals surface area contributed by atoms with Crippen LogP contribution in [0.4, 0.5) is 13.2 Å². The maximum atomic E-state index is 12.2. The molecular formula is C14H17F3N4O3. The SMILES string of the molecule is N#CC[C@@H]1CN[C@H](C(=O)N2CCC[C@H]2C#N)C1.O=C(O)C(F)(F)F. The Hall–Kier alpha value is -2.33. The summed E-state index contributed by atoms with van der Waals surface area (Å²) in [4.78, 5) is 22.8. The van der Waals surface area contributed by atoms with E-state index in [1.165, 1.54) is 0 Å². The lowest BCUT2D eigenvalue weighted by atomic mass is 10.0. The molecule has 24 heavy (non-hydrogen) atoms. The molecule has 1 amide bonds. The van der Waals surface area contributed by atoms with E-state index in [9.17, 15) is 18.0 Å². The van der Waals surface area contributed by atoms with Crippen LogP contribution in [0.25, 0.3) is 0 Å². The number of alkyl halides is 3. The summed E-state index contributed by atoms with van der Waals surface area (Å²) in [7, 11) is 0. The van der Waals surface area contributed by atoms with E-state index in [2.05, 4.69) is 17.5 Å². The highest BCUT2D eigenvalue weighted by molar-refractivity contribution is 5.83. The van der Waals surface area contributed by atoms with Crippen LogP contribution in [-0.2, 0) is 9.59 Å². The summed E-state index contributed by atoms with van der Waals surface area (Å²) < 4.78 is 31.7. The number of nitrogens with one attached hydrogen (secondary N) is 1. The number of carboxylic acid groups (broad SMARTS) is 1. The fraction of sp³-hybridized carbons (Fsp3) is 0.714. The van der Waals surface area contributed by atoms with Gasteiger partial charge in [-0.1, -0.05) is 0 Å². The molecule has 10 heteroatoms. The number of nitrogens with zero attached hydrogens (tertiary/aromatic N) is 3. The van der Waals surface area contributed by atoms with Gasteiger partial charge in [0.05, 0.1) is 18.2 Å². The second kappa shape index (κ2) is 8.50. The number of hydrogen-bond donors (Lipinski definition) is 2. The van der Waals surface area contributed by atoms with Crippen molar-refractivity contribution in [1.82, 2.24) is 10.2 Å². The summed E-state index contributed by atoms with van der Waals surface area (Å²) in [5, 5.41) is 27.9. The van der Waals surface area contributed by atoms with Crippen LogP contribution in [0.5, 0.6) is 0 Å². The van der Waals surface area contributed by atoms with Crippen molar-refractivity contribution in [3.8, 4) is 12.1 Å². The zero-order valence-corrected chi connectivity index (χ0v) is 12.7. The van der Waals surface area contributed by atoms with Crippen molar-refractivity contribution in [2.45, 2.75) is 43.9 Å². The number of carbonyl (C=O) groups is 2. The van der Waals surface area contributed by atoms with Gasteiger partial charge in [-0.3, -0.25) is 4.79 Å². The van der Waals surface area contributed by atoms with Gasteiger partial charge in [-0.15, -0.1) is 0 Å². The summed E-state index contributed by atoms with van der Waals surface area (Å²) in [6, 6.07) is 3.88. The second-order valence-corrected chi connectivity index (χ2v) is 5.55. The van der Waals surface area contributed by atoms with Crippen LogP contribution in [0.1, 0.15) is 25.7 Å². The Morgan fingerprint density at radius 3 is 2.46 bits per heavy atom. The third-order valence-electron chi connectivity index (χ3n) is 3.83. The molecule has 2 aliphatic heterocycles. The van der Waals surface area contributed by atoms with Crippen LogP contribution < -0.4 is 5.32 Å². The molecule has 3 atom stereocenters. The van der Waals surface area contributed by atoms with Gasteiger partial charge in [-0.05, 0) is 31.7 Å². The molecule has 0 aromatic carbocycles. The fourth-order valence-electron chi connectivity index (χ4n) is 2.65. The van der Waals surface area contributed by atoms with Crippen molar-refractivity contribution in [3.05, 3.63) is 0 Å². The third kappa shape index (κ3) is 5.39. The van der Waals surface area contributed by atoms with Gasteiger partial charge < -0.3 is 15.3 Å². The molecule has 2 aliphatic rings. The zero-order chi connectivity index (χ0) is 18.3. The monoisotopic (exact) mass is 346 g/mol. The minimum Gasteiger partial charge on any atom is -0.475 e. The molecule has 2 fully saturated rings. The van der Waals surface area contributed by atoms with Crippen molar-refractivity contribution in [1.29, 1.82) is 10.5 Å². The van der Waals surface area contributed by atoms with Crippen LogP contribution in [0.2, 0.25) is 0 Å². The van der Waals surface area contributed by atoms with Gasteiger partial charge in [0.25, 0.3) is 0 Å². The first-order valence-electron chi connectivity index (χ1n) is 7.31. The summed E-state index contributed by atoms with van der Waals surface area (Å²) in [5.74, 6) is -2.45. The quantitative estimate of drug-likeness (QED) is 0.771. The molecule has 2 rings (SSSR count). The lowest BCUT2D eigenvalue weighted by Crippen LogP contribution is -2.45. The standard InChI is InChI=1S/C12H16N4O.C2HF3O2/c13-4-3-9-6-11(15-8-9)12(17)16-5-1-2-10(16)7-14;3-2(4,5)1(6)7/h9-11,15H,1-3,5-6,8H2;(H,6,7)/t9-,10-,11-;/m0./s1. The maximum Gasteiger partial charge on any atom is 0.490 e. The lowest BCUT2D eigenvalue weighted by molar-refractivity contribution is -0.192. The number of amides is 1. The first kappa shape index (κ1) is 19.7. The van der Waals surface area contributed by atoms with E-state index < -0.39 is 12.1 Å². The minimum atomic E-state index is -5.08. The lowest BCUT2D eigenvalue weighted by Gasteiger charge is -2.23. The van der Waals surface area contributed by atoms with Gasteiger partial charge in [0.15, 0.2) is 0 Å². The van der Waals surface area contributed by atoms with Crippen LogP contribution in [0.15, 0.2) is 0 Å². The number of hydrogen-bond acceptors (Lipinski definition) is 5. The second-order valence-electron chi connectivity index (χ2n) is 5.55. The van der Waals surface area contributed by atoms with E-state index in [4.69, 9.17) is 20.4 Å². The average molecular weight is 346 g/mol. The molecule has 0 bridgehead atoms. The number of likely N-dealkylation sites (tertiary alicyclic amines) is 1. The fourth-order valence-corrected chi connectivity index (χ4v) is 2.65. The van der Waals surface area contributed by atoms with Gasteiger partial charge >= 0.3 is 12.1 Å². The number of halogens is 3. The largest absolute Gasteiger partial charge is 0.490 e. The Morgan fingerprint density at radius 2 is 1.96 bits per heavy atom. The highest BCUT2D eigenvalue weighted by Gasteiger charge is 2.38. The normalized spacial score (nSPS) is 26.0. The minimum absolute atomic E-state index is 0.0366. The van der Waals surface area contributed by atoms with Gasteiger partial charge in [0.1, 0.15) is 6.04 Å². The Morgan fingerprint density at radius 1 is 1.33 bits per heavy atom. The van der Waals surface area contributed by atoms with E-state index in [1.807, 2.05) is 0 Å². The first-order chi connectivity index (χ1) is 11.2. The average Bonchev–Trinajstić information content (AvgIpc) is 3.15. The Kier molecular flexibility index (Phi) is 6.98. The summed E-state index contributed by atoms with van der Waals surface area (Å²) >= 11 is 0. The molecule has 0 aromatic rings. The van der Waals surface area contributed by atoms with Crippen molar-refractivity contribution in [2.24, 2.45) is 5.92 Å². The van der Waals surface area contributed by atoms with Gasteiger partial charge in [-0.2, -0.15) is 23.7 Å². The smallest absolute Gasteiger partial charge is 0.475 e. The maximum absolute atomic E-state index is 12.2. The van der Waals surface area contributed by atoms with E-state index in [-0.39, 0.29) is 23.9 Å². The predicted molar refractivity (Wildman–Crippen MR) is 74.2 cm³/mol. The van der Waals surface area contributed by atoms with Crippen LogP contribution in [0.3, 0.4) is 0 Å². The number of aliphatic carboxylic acids is 1. The van der Waals surface area contributed by atoms with E-state index in [1.54, 1.807) is 4.90 Å². The zero-order valence-electron chi connectivity index (χ0n) is 12.7. The molecule has 2 N–H and O–H groups in total. The first-order valence-corrected chi connectivity index (χ1v) is 7.31. The van der Waals surface area contributed by atoms with Crippen molar-refractivity contribution < 1.29 is 27.9 Å². The van der Waals surface area contributed by atoms with E-state index >= 15 is 0 Å². The molecule has 0 aromatic heterocycles. The summed E-state index contributed by atoms with van der Waals surface area (Å²) in [5.41, 5.74) is 0. The molecule has 7 nitrogen and oxygen atoms in total. The molecule has 0 radical (unpaired) electrons. The summed E-state index contributed by atoms with van der Waals surface area (Å²) in [6.07, 6.45) is -2.16. The van der Waals surface area contributed by atoms with Gasteiger partial charge in [0.2, 0.25) is 5.91 Å². The summed E-state index contributed by atoms with van der Waals surface area (Å²) in [6.45, 7) is 1.42. The van der Waals surface area contributed by atoms with E-state index in [0.29, 0.717) is 13.0 Å². The van der Waals surface area contributed by atoms with Crippen molar-refractivity contribution in [3.63, 3.8) is 0 Å².